The molecule has 0 aromatic heterocycles. The summed E-state index contributed by atoms with van der Waals surface area (Å²) in [6.45, 7) is 6.03. The lowest BCUT2D eigenvalue weighted by molar-refractivity contribution is -0.138. The standard InChI is InChI=1S/C13H24N2O3/c1-13(2,3)15(9-11(16)17)12(18)14(4)8-10-6-5-7-10/h10H,5-9H2,1-4H3,(H,16,17). The molecular formula is C13H24N2O3. The molecule has 1 rings (SSSR count). The summed E-state index contributed by atoms with van der Waals surface area (Å²) in [7, 11) is 1.75. The van der Waals surface area contributed by atoms with E-state index >= 15 is 0 Å². The molecular weight excluding hydrogens is 232 g/mol. The molecule has 1 fully saturated rings. The van der Waals surface area contributed by atoms with Gasteiger partial charge in [0.2, 0.25) is 0 Å². The monoisotopic (exact) mass is 256 g/mol. The van der Waals surface area contributed by atoms with E-state index in [-0.39, 0.29) is 12.6 Å². The van der Waals surface area contributed by atoms with Gasteiger partial charge in [0.15, 0.2) is 0 Å². The van der Waals surface area contributed by atoms with Crippen LogP contribution >= 0.6 is 0 Å². The van der Waals surface area contributed by atoms with Gasteiger partial charge in [-0.2, -0.15) is 0 Å². The zero-order valence-corrected chi connectivity index (χ0v) is 11.8. The Morgan fingerprint density at radius 1 is 1.28 bits per heavy atom. The molecule has 1 N–H and O–H groups in total. The Hall–Kier alpha value is -1.26. The molecule has 104 valence electrons. The van der Waals surface area contributed by atoms with Crippen molar-refractivity contribution in [3.8, 4) is 0 Å². The van der Waals surface area contributed by atoms with Crippen LogP contribution < -0.4 is 0 Å². The summed E-state index contributed by atoms with van der Waals surface area (Å²) < 4.78 is 0. The second-order valence-corrected chi connectivity index (χ2v) is 6.11. The van der Waals surface area contributed by atoms with E-state index in [9.17, 15) is 9.59 Å². The SMILES string of the molecule is CN(CC1CCC1)C(=O)N(CC(=O)O)C(C)(C)C. The fourth-order valence-electron chi connectivity index (χ4n) is 2.07. The van der Waals surface area contributed by atoms with Crippen LogP contribution in [0.3, 0.4) is 0 Å². The summed E-state index contributed by atoms with van der Waals surface area (Å²) in [5.41, 5.74) is -0.483. The lowest BCUT2D eigenvalue weighted by atomic mass is 9.85. The Morgan fingerprint density at radius 3 is 2.17 bits per heavy atom. The first-order valence-electron chi connectivity index (χ1n) is 6.46. The molecule has 0 aromatic rings. The number of hydrogen-bond donors (Lipinski definition) is 1. The Kier molecular flexibility index (Phi) is 4.59. The molecule has 1 aliphatic rings. The number of carboxylic acids is 1. The third-order valence-corrected chi connectivity index (χ3v) is 3.42. The normalized spacial score (nSPS) is 16.0. The van der Waals surface area contributed by atoms with E-state index < -0.39 is 11.5 Å². The minimum atomic E-state index is -0.977. The van der Waals surface area contributed by atoms with Gasteiger partial charge < -0.3 is 14.9 Å². The third kappa shape index (κ3) is 3.89. The van der Waals surface area contributed by atoms with Crippen molar-refractivity contribution in [2.24, 2.45) is 5.92 Å². The molecule has 1 saturated carbocycles. The maximum absolute atomic E-state index is 12.3. The summed E-state index contributed by atoms with van der Waals surface area (Å²) >= 11 is 0. The van der Waals surface area contributed by atoms with Crippen molar-refractivity contribution < 1.29 is 14.7 Å². The lowest BCUT2D eigenvalue weighted by Gasteiger charge is -2.39. The van der Waals surface area contributed by atoms with Crippen LogP contribution in [0.25, 0.3) is 0 Å². The molecule has 0 atom stereocenters. The maximum atomic E-state index is 12.3. The number of carbonyl (C=O) groups is 2. The smallest absolute Gasteiger partial charge is 0.323 e. The molecule has 0 heterocycles. The highest BCUT2D eigenvalue weighted by molar-refractivity contribution is 5.80. The molecule has 0 unspecified atom stereocenters. The molecule has 1 aliphatic carbocycles. The van der Waals surface area contributed by atoms with Crippen LogP contribution in [-0.2, 0) is 4.79 Å². The first-order valence-corrected chi connectivity index (χ1v) is 6.46. The van der Waals surface area contributed by atoms with Gasteiger partial charge in [0.05, 0.1) is 0 Å². The van der Waals surface area contributed by atoms with Crippen molar-refractivity contribution in [1.29, 1.82) is 0 Å². The summed E-state index contributed by atoms with van der Waals surface area (Å²) in [5.74, 6) is -0.388. The Labute approximate surface area is 109 Å². The summed E-state index contributed by atoms with van der Waals surface area (Å²) in [4.78, 5) is 26.2. The van der Waals surface area contributed by atoms with E-state index in [4.69, 9.17) is 5.11 Å². The van der Waals surface area contributed by atoms with Gasteiger partial charge in [0.25, 0.3) is 0 Å². The number of hydrogen-bond acceptors (Lipinski definition) is 2. The molecule has 0 aromatic carbocycles. The van der Waals surface area contributed by atoms with Gasteiger partial charge in [0.1, 0.15) is 6.54 Å². The second-order valence-electron chi connectivity index (χ2n) is 6.11. The summed E-state index contributed by atoms with van der Waals surface area (Å²) in [6, 6.07) is -0.197. The van der Waals surface area contributed by atoms with Crippen molar-refractivity contribution in [2.75, 3.05) is 20.1 Å². The van der Waals surface area contributed by atoms with E-state index in [1.54, 1.807) is 11.9 Å². The quantitative estimate of drug-likeness (QED) is 0.837. The zero-order valence-electron chi connectivity index (χ0n) is 11.8. The molecule has 0 radical (unpaired) electrons. The number of aliphatic carboxylic acids is 1. The van der Waals surface area contributed by atoms with Gasteiger partial charge in [-0.3, -0.25) is 4.79 Å². The lowest BCUT2D eigenvalue weighted by Crippen LogP contribution is -2.53. The van der Waals surface area contributed by atoms with Gasteiger partial charge in [0, 0.05) is 19.1 Å². The van der Waals surface area contributed by atoms with Crippen LogP contribution in [0.1, 0.15) is 40.0 Å². The van der Waals surface area contributed by atoms with Crippen molar-refractivity contribution in [1.82, 2.24) is 9.80 Å². The highest BCUT2D eigenvalue weighted by Crippen LogP contribution is 2.27. The molecule has 0 saturated heterocycles. The summed E-state index contributed by atoms with van der Waals surface area (Å²) in [6.07, 6.45) is 3.59. The minimum Gasteiger partial charge on any atom is -0.480 e. The topological polar surface area (TPSA) is 60.9 Å². The predicted molar refractivity (Wildman–Crippen MR) is 69.5 cm³/mol. The predicted octanol–water partition coefficient (Wildman–Crippen LogP) is 2.02. The Bertz CT molecular complexity index is 319. The average Bonchev–Trinajstić information content (AvgIpc) is 2.16. The van der Waals surface area contributed by atoms with E-state index in [1.807, 2.05) is 20.8 Å². The minimum absolute atomic E-state index is 0.197. The van der Waals surface area contributed by atoms with Crippen LogP contribution in [0.4, 0.5) is 4.79 Å². The largest absolute Gasteiger partial charge is 0.480 e. The maximum Gasteiger partial charge on any atom is 0.323 e. The highest BCUT2D eigenvalue weighted by Gasteiger charge is 2.31. The number of carboxylic acid groups (broad SMARTS) is 1. The van der Waals surface area contributed by atoms with E-state index in [2.05, 4.69) is 0 Å². The van der Waals surface area contributed by atoms with E-state index in [0.717, 1.165) is 6.54 Å². The van der Waals surface area contributed by atoms with E-state index in [0.29, 0.717) is 5.92 Å². The number of nitrogens with zero attached hydrogens (tertiary/aromatic N) is 2. The first kappa shape index (κ1) is 14.8. The molecule has 0 bridgehead atoms. The Morgan fingerprint density at radius 2 is 1.83 bits per heavy atom. The van der Waals surface area contributed by atoms with Crippen LogP contribution in [-0.4, -0.2) is 52.6 Å². The first-order chi connectivity index (χ1) is 8.21. The summed E-state index contributed by atoms with van der Waals surface area (Å²) in [5, 5.41) is 8.90. The van der Waals surface area contributed by atoms with Gasteiger partial charge in [-0.05, 0) is 39.5 Å². The van der Waals surface area contributed by atoms with Crippen molar-refractivity contribution in [3.63, 3.8) is 0 Å². The molecule has 2 amide bonds. The fraction of sp³-hybridized carbons (Fsp3) is 0.846. The van der Waals surface area contributed by atoms with Crippen LogP contribution in [0.5, 0.6) is 0 Å². The molecule has 5 heteroatoms. The van der Waals surface area contributed by atoms with Crippen molar-refractivity contribution in [3.05, 3.63) is 0 Å². The van der Waals surface area contributed by atoms with Crippen molar-refractivity contribution >= 4 is 12.0 Å². The molecule has 0 aliphatic heterocycles. The Balaban J connectivity index is 2.64. The fourth-order valence-corrected chi connectivity index (χ4v) is 2.07. The van der Waals surface area contributed by atoms with Crippen LogP contribution in [0, 0.1) is 5.92 Å². The molecule has 0 spiro atoms. The van der Waals surface area contributed by atoms with Gasteiger partial charge >= 0.3 is 12.0 Å². The van der Waals surface area contributed by atoms with Gasteiger partial charge in [-0.15, -0.1) is 0 Å². The number of carbonyl (C=O) groups excluding carboxylic acids is 1. The van der Waals surface area contributed by atoms with Crippen LogP contribution in [0.2, 0.25) is 0 Å². The number of amides is 2. The van der Waals surface area contributed by atoms with Crippen molar-refractivity contribution in [2.45, 2.75) is 45.6 Å². The third-order valence-electron chi connectivity index (χ3n) is 3.42. The second kappa shape index (κ2) is 5.59. The molecule has 18 heavy (non-hydrogen) atoms. The zero-order chi connectivity index (χ0) is 13.9. The highest BCUT2D eigenvalue weighted by atomic mass is 16.4. The van der Waals surface area contributed by atoms with Gasteiger partial charge in [-0.25, -0.2) is 4.79 Å². The average molecular weight is 256 g/mol. The van der Waals surface area contributed by atoms with Gasteiger partial charge in [-0.1, -0.05) is 6.42 Å². The van der Waals surface area contributed by atoms with Crippen LogP contribution in [0.15, 0.2) is 0 Å². The molecule has 5 nitrogen and oxygen atoms in total. The van der Waals surface area contributed by atoms with E-state index in [1.165, 1.54) is 24.2 Å². The number of urea groups is 1. The number of rotatable bonds is 4.